The highest BCUT2D eigenvalue weighted by molar-refractivity contribution is 6.01. The van der Waals surface area contributed by atoms with Crippen LogP contribution in [-0.2, 0) is 16.1 Å². The summed E-state index contributed by atoms with van der Waals surface area (Å²) in [5, 5.41) is 20.1. The molecule has 1 fully saturated rings. The smallest absolute Gasteiger partial charge is 0.335 e. The Bertz CT molecular complexity index is 1340. The molecule has 10 heteroatoms. The van der Waals surface area contributed by atoms with E-state index in [2.05, 4.69) is 11.9 Å². The summed E-state index contributed by atoms with van der Waals surface area (Å²) in [5.41, 5.74) is 14.0. The molecule has 1 aliphatic carbocycles. The number of carbonyl (C=O) groups is 3. The Labute approximate surface area is 227 Å². The van der Waals surface area contributed by atoms with Gasteiger partial charge in [0.15, 0.2) is 0 Å². The minimum atomic E-state index is -1.16. The predicted molar refractivity (Wildman–Crippen MR) is 151 cm³/mol. The fraction of sp³-hybridized carbons (Fsp3) is 0.241. The van der Waals surface area contributed by atoms with E-state index < -0.39 is 11.9 Å². The highest BCUT2D eigenvalue weighted by Crippen LogP contribution is 2.26. The molecule has 3 rings (SSSR count). The van der Waals surface area contributed by atoms with E-state index in [0.717, 1.165) is 24.8 Å². The van der Waals surface area contributed by atoms with Gasteiger partial charge in [-0.3, -0.25) is 19.9 Å². The van der Waals surface area contributed by atoms with Gasteiger partial charge in [-0.15, -0.1) is 0 Å². The molecule has 0 heterocycles. The van der Waals surface area contributed by atoms with E-state index >= 15 is 0 Å². The second kappa shape index (κ2) is 12.6. The number of nitrogen functional groups attached to an aromatic ring is 2. The number of carbonyl (C=O) groups excluding carboxylic acids is 2. The highest BCUT2D eigenvalue weighted by Gasteiger charge is 2.25. The van der Waals surface area contributed by atoms with E-state index in [0.29, 0.717) is 23.4 Å². The predicted octanol–water partition coefficient (Wildman–Crippen LogP) is 3.27. The number of allylic oxidation sites excluding steroid dienone is 1. The van der Waals surface area contributed by atoms with Gasteiger partial charge in [0.05, 0.1) is 17.0 Å². The first-order valence-electron chi connectivity index (χ1n) is 12.5. The van der Waals surface area contributed by atoms with E-state index in [-0.39, 0.29) is 34.7 Å². The van der Waals surface area contributed by atoms with Crippen molar-refractivity contribution in [3.63, 3.8) is 0 Å². The van der Waals surface area contributed by atoms with Crippen molar-refractivity contribution in [2.24, 2.45) is 5.73 Å². The van der Waals surface area contributed by atoms with Crippen LogP contribution in [0.25, 0.3) is 5.70 Å². The third-order valence-corrected chi connectivity index (χ3v) is 6.42. The molecular weight excluding hydrogens is 496 g/mol. The number of aromatic carboxylic acids is 1. The number of amidine groups is 1. The van der Waals surface area contributed by atoms with Gasteiger partial charge >= 0.3 is 5.97 Å². The van der Waals surface area contributed by atoms with Gasteiger partial charge in [-0.25, -0.2) is 4.79 Å². The molecule has 0 radical (unpaired) electrons. The molecule has 2 aromatic carbocycles. The fourth-order valence-corrected chi connectivity index (χ4v) is 4.04. The number of amides is 2. The molecule has 0 saturated heterocycles. The molecular formula is C29H34N6O4. The summed E-state index contributed by atoms with van der Waals surface area (Å²) in [6.07, 6.45) is 7.21. The Morgan fingerprint density at radius 3 is 2.31 bits per heavy atom. The minimum absolute atomic E-state index is 0.0289. The first kappa shape index (κ1) is 28.7. The zero-order valence-corrected chi connectivity index (χ0v) is 22.1. The van der Waals surface area contributed by atoms with Crippen molar-refractivity contribution in [2.45, 2.75) is 38.8 Å². The van der Waals surface area contributed by atoms with Gasteiger partial charge in [0.2, 0.25) is 5.91 Å². The molecule has 0 aromatic heterocycles. The molecule has 1 saturated carbocycles. The van der Waals surface area contributed by atoms with Gasteiger partial charge in [0.1, 0.15) is 5.84 Å². The Kier molecular flexibility index (Phi) is 9.27. The van der Waals surface area contributed by atoms with Crippen LogP contribution in [0.4, 0.5) is 5.69 Å². The standard InChI is InChI=1S/C29H34N6O4/c1-4-25(21-14-22(29(38)39)16-23(30)15-21)35(28(37)18(2)33-24-6-5-7-24)13-12-26(36)34(3)17-19-8-10-20(11-9-19)27(31)32/h4,8-16,24,33H,2,5-7,17,30H2,1,3H3,(H3,31,32)(H,38,39)/b13-12?,25-4-. The first-order chi connectivity index (χ1) is 18.5. The number of likely N-dealkylation sites (N-methyl/N-ethyl adjacent to an activating group) is 1. The van der Waals surface area contributed by atoms with E-state index in [1.54, 1.807) is 50.4 Å². The third-order valence-electron chi connectivity index (χ3n) is 6.42. The van der Waals surface area contributed by atoms with E-state index in [9.17, 15) is 19.5 Å². The summed E-state index contributed by atoms with van der Waals surface area (Å²) in [4.78, 5) is 40.9. The Hall–Kier alpha value is -4.86. The number of anilines is 1. The molecule has 7 N–H and O–H groups in total. The average molecular weight is 531 g/mol. The molecule has 0 spiro atoms. The van der Waals surface area contributed by atoms with Crippen LogP contribution in [0.1, 0.15) is 53.2 Å². The lowest BCUT2D eigenvalue weighted by molar-refractivity contribution is -0.125. The van der Waals surface area contributed by atoms with Crippen LogP contribution < -0.4 is 16.8 Å². The first-order valence-corrected chi connectivity index (χ1v) is 12.5. The molecule has 2 aromatic rings. The molecule has 0 bridgehead atoms. The van der Waals surface area contributed by atoms with Gasteiger partial charge < -0.3 is 26.8 Å². The highest BCUT2D eigenvalue weighted by atomic mass is 16.4. The van der Waals surface area contributed by atoms with Crippen molar-refractivity contribution in [3.8, 4) is 0 Å². The molecule has 204 valence electrons. The van der Waals surface area contributed by atoms with Crippen molar-refractivity contribution in [2.75, 3.05) is 12.8 Å². The molecule has 39 heavy (non-hydrogen) atoms. The Morgan fingerprint density at radius 2 is 1.77 bits per heavy atom. The van der Waals surface area contributed by atoms with Crippen LogP contribution in [0.2, 0.25) is 0 Å². The number of carboxylic acid groups (broad SMARTS) is 1. The van der Waals surface area contributed by atoms with Crippen molar-refractivity contribution in [1.29, 1.82) is 5.41 Å². The van der Waals surface area contributed by atoms with Crippen molar-refractivity contribution < 1.29 is 19.5 Å². The zero-order chi connectivity index (χ0) is 28.7. The topological polar surface area (TPSA) is 166 Å². The quantitative estimate of drug-likeness (QED) is 0.129. The monoisotopic (exact) mass is 530 g/mol. The lowest BCUT2D eigenvalue weighted by atomic mass is 9.93. The van der Waals surface area contributed by atoms with Gasteiger partial charge in [-0.05, 0) is 49.9 Å². The fourth-order valence-electron chi connectivity index (χ4n) is 4.04. The maximum absolute atomic E-state index is 13.5. The largest absolute Gasteiger partial charge is 0.478 e. The van der Waals surface area contributed by atoms with Crippen molar-refractivity contribution in [3.05, 3.63) is 95.3 Å². The van der Waals surface area contributed by atoms with Crippen LogP contribution in [0, 0.1) is 5.41 Å². The lowest BCUT2D eigenvalue weighted by Gasteiger charge is -2.30. The number of nitrogens with two attached hydrogens (primary N) is 2. The summed E-state index contributed by atoms with van der Waals surface area (Å²) in [6.45, 7) is 5.90. The van der Waals surface area contributed by atoms with Gasteiger partial charge in [0.25, 0.3) is 5.91 Å². The lowest BCUT2D eigenvalue weighted by Crippen LogP contribution is -2.40. The zero-order valence-electron chi connectivity index (χ0n) is 22.1. The van der Waals surface area contributed by atoms with Crippen LogP contribution in [0.5, 0.6) is 0 Å². The van der Waals surface area contributed by atoms with Crippen LogP contribution in [0.15, 0.2) is 73.1 Å². The number of rotatable bonds is 11. The number of benzene rings is 2. The average Bonchev–Trinajstić information content (AvgIpc) is 2.87. The van der Waals surface area contributed by atoms with Gasteiger partial charge in [0, 0.05) is 48.7 Å². The second-order valence-electron chi connectivity index (χ2n) is 9.37. The number of nitrogens with one attached hydrogen (secondary N) is 2. The van der Waals surface area contributed by atoms with Gasteiger partial charge in [-0.1, -0.05) is 36.9 Å². The van der Waals surface area contributed by atoms with E-state index in [4.69, 9.17) is 16.9 Å². The maximum atomic E-state index is 13.5. The van der Waals surface area contributed by atoms with Crippen molar-refractivity contribution >= 4 is 35.0 Å². The molecule has 0 aliphatic heterocycles. The normalized spacial score (nSPS) is 13.4. The number of nitrogens with zero attached hydrogens (tertiary/aromatic N) is 2. The molecule has 10 nitrogen and oxygen atoms in total. The van der Waals surface area contributed by atoms with E-state index in [1.165, 1.54) is 34.2 Å². The third kappa shape index (κ3) is 7.35. The summed E-state index contributed by atoms with van der Waals surface area (Å²) >= 11 is 0. The number of carboxylic acids is 1. The Balaban J connectivity index is 1.88. The summed E-state index contributed by atoms with van der Waals surface area (Å²) in [7, 11) is 1.63. The molecule has 0 unspecified atom stereocenters. The second-order valence-corrected chi connectivity index (χ2v) is 9.37. The SMILES string of the molecule is C=C(NC1CCC1)C(=O)N(C=CC(=O)N(C)Cc1ccc(C(=N)N)cc1)/C(=C\C)c1cc(N)cc(C(=O)O)c1. The summed E-state index contributed by atoms with van der Waals surface area (Å²) in [5.74, 6) is -2.05. The Morgan fingerprint density at radius 1 is 1.13 bits per heavy atom. The van der Waals surface area contributed by atoms with E-state index in [1.807, 2.05) is 0 Å². The molecule has 2 amide bonds. The number of hydrogen-bond acceptors (Lipinski definition) is 6. The van der Waals surface area contributed by atoms with Crippen LogP contribution >= 0.6 is 0 Å². The molecule has 0 atom stereocenters. The number of hydrogen-bond donors (Lipinski definition) is 5. The van der Waals surface area contributed by atoms with Crippen molar-refractivity contribution in [1.82, 2.24) is 15.1 Å². The van der Waals surface area contributed by atoms with Crippen LogP contribution in [-0.4, -0.2) is 51.6 Å². The van der Waals surface area contributed by atoms with Crippen LogP contribution in [0.3, 0.4) is 0 Å². The van der Waals surface area contributed by atoms with Gasteiger partial charge in [-0.2, -0.15) is 0 Å². The summed E-state index contributed by atoms with van der Waals surface area (Å²) in [6, 6.07) is 11.5. The minimum Gasteiger partial charge on any atom is -0.478 e. The summed E-state index contributed by atoms with van der Waals surface area (Å²) < 4.78 is 0. The maximum Gasteiger partial charge on any atom is 0.335 e. The molecule has 1 aliphatic rings.